The smallest absolute Gasteiger partial charge is 0.344 e. The van der Waals surface area contributed by atoms with Crippen LogP contribution in [0, 0.1) is 0 Å². The van der Waals surface area contributed by atoms with E-state index in [4.69, 9.17) is 0 Å². The van der Waals surface area contributed by atoms with Crippen molar-refractivity contribution in [1.82, 2.24) is 15.5 Å². The lowest BCUT2D eigenvalue weighted by Gasteiger charge is -2.27. The fourth-order valence-electron chi connectivity index (χ4n) is 2.54. The monoisotopic (exact) mass is 331 g/mol. The highest BCUT2D eigenvalue weighted by Crippen LogP contribution is 2.42. The van der Waals surface area contributed by atoms with E-state index >= 15 is 0 Å². The van der Waals surface area contributed by atoms with Gasteiger partial charge in [0.25, 0.3) is 5.91 Å². The minimum atomic E-state index is -0.922. The second-order valence-electron chi connectivity index (χ2n) is 5.14. The number of benzene rings is 1. The Morgan fingerprint density at radius 1 is 1.30 bits per heavy atom. The highest BCUT2D eigenvalue weighted by molar-refractivity contribution is 8.07. The standard InChI is InChI=1S/C16H17N3O3S/c20-15(11-4-2-1-3-5-11)18-9-6-12-14(16(21)22)23-13-7-8-17-10-19(12)13/h1-5,7,17H,6,8-10H2,(H,18,20)(H,21,22). The molecular weight excluding hydrogens is 314 g/mol. The van der Waals surface area contributed by atoms with Crippen LogP contribution in [0.15, 0.2) is 52.0 Å². The third-order valence-electron chi connectivity index (χ3n) is 3.63. The molecule has 6 nitrogen and oxygen atoms in total. The van der Waals surface area contributed by atoms with Gasteiger partial charge in [-0.3, -0.25) is 10.1 Å². The van der Waals surface area contributed by atoms with Crippen molar-refractivity contribution < 1.29 is 14.7 Å². The second-order valence-corrected chi connectivity index (χ2v) is 6.17. The van der Waals surface area contributed by atoms with Gasteiger partial charge in [0.05, 0.1) is 11.7 Å². The maximum absolute atomic E-state index is 12.0. The topological polar surface area (TPSA) is 81.7 Å². The first-order valence-corrected chi connectivity index (χ1v) is 8.14. The summed E-state index contributed by atoms with van der Waals surface area (Å²) in [6.45, 7) is 1.73. The highest BCUT2D eigenvalue weighted by atomic mass is 32.2. The van der Waals surface area contributed by atoms with E-state index in [2.05, 4.69) is 10.6 Å². The normalized spacial score (nSPS) is 16.9. The molecule has 0 bridgehead atoms. The number of nitrogens with one attached hydrogen (secondary N) is 2. The number of nitrogens with zero attached hydrogens (tertiary/aromatic N) is 1. The maximum atomic E-state index is 12.0. The first kappa shape index (κ1) is 15.6. The fraction of sp³-hybridized carbons (Fsp3) is 0.250. The van der Waals surface area contributed by atoms with Gasteiger partial charge in [0.1, 0.15) is 4.91 Å². The van der Waals surface area contributed by atoms with Crippen molar-refractivity contribution in [3.05, 3.63) is 57.6 Å². The fourth-order valence-corrected chi connectivity index (χ4v) is 3.61. The molecule has 0 aromatic heterocycles. The summed E-state index contributed by atoms with van der Waals surface area (Å²) in [5, 5.41) is 16.4. The third-order valence-corrected chi connectivity index (χ3v) is 4.84. The number of carbonyl (C=O) groups excluding carboxylic acids is 1. The zero-order valence-electron chi connectivity index (χ0n) is 12.4. The molecule has 120 valence electrons. The Morgan fingerprint density at radius 3 is 2.83 bits per heavy atom. The molecular formula is C16H17N3O3S. The molecule has 1 aromatic carbocycles. The van der Waals surface area contributed by atoms with Crippen molar-refractivity contribution in [2.75, 3.05) is 19.8 Å². The van der Waals surface area contributed by atoms with Crippen molar-refractivity contribution in [1.29, 1.82) is 0 Å². The molecule has 0 fully saturated rings. The first-order valence-electron chi connectivity index (χ1n) is 7.33. The molecule has 3 N–H and O–H groups in total. The van der Waals surface area contributed by atoms with Crippen molar-refractivity contribution in [2.24, 2.45) is 0 Å². The van der Waals surface area contributed by atoms with Gasteiger partial charge in [-0.1, -0.05) is 30.0 Å². The van der Waals surface area contributed by atoms with E-state index < -0.39 is 5.97 Å². The minimum Gasteiger partial charge on any atom is -0.477 e. The van der Waals surface area contributed by atoms with E-state index in [0.717, 1.165) is 17.3 Å². The van der Waals surface area contributed by atoms with E-state index in [9.17, 15) is 14.7 Å². The molecule has 0 aliphatic carbocycles. The van der Waals surface area contributed by atoms with Crippen LogP contribution in [0.4, 0.5) is 0 Å². The number of rotatable bonds is 5. The Morgan fingerprint density at radius 2 is 2.09 bits per heavy atom. The summed E-state index contributed by atoms with van der Waals surface area (Å²) in [5.41, 5.74) is 1.34. The number of carboxylic acid groups (broad SMARTS) is 1. The number of fused-ring (bicyclic) bond motifs is 1. The Hall–Kier alpha value is -2.25. The van der Waals surface area contributed by atoms with E-state index in [1.54, 1.807) is 12.1 Å². The third kappa shape index (κ3) is 3.40. The van der Waals surface area contributed by atoms with Crippen molar-refractivity contribution >= 4 is 23.6 Å². The molecule has 0 unspecified atom stereocenters. The Bertz CT molecular complexity index is 685. The van der Waals surface area contributed by atoms with E-state index in [1.165, 1.54) is 11.8 Å². The molecule has 23 heavy (non-hydrogen) atoms. The summed E-state index contributed by atoms with van der Waals surface area (Å²) in [4.78, 5) is 25.8. The lowest BCUT2D eigenvalue weighted by Crippen LogP contribution is -2.36. The lowest BCUT2D eigenvalue weighted by molar-refractivity contribution is -0.131. The summed E-state index contributed by atoms with van der Waals surface area (Å²) in [7, 11) is 0. The molecule has 1 aromatic rings. The van der Waals surface area contributed by atoms with Crippen molar-refractivity contribution in [3.63, 3.8) is 0 Å². The number of hydrogen-bond donors (Lipinski definition) is 3. The number of carbonyl (C=O) groups is 2. The van der Waals surface area contributed by atoms with E-state index in [1.807, 2.05) is 29.2 Å². The van der Waals surface area contributed by atoms with Crippen molar-refractivity contribution in [2.45, 2.75) is 6.42 Å². The van der Waals surface area contributed by atoms with Gasteiger partial charge >= 0.3 is 5.97 Å². The molecule has 0 saturated carbocycles. The van der Waals surface area contributed by atoms with E-state index in [0.29, 0.717) is 30.1 Å². The molecule has 2 aliphatic rings. The van der Waals surface area contributed by atoms with Gasteiger partial charge in [-0.05, 0) is 18.2 Å². The van der Waals surface area contributed by atoms with Gasteiger partial charge in [-0.25, -0.2) is 4.79 Å². The molecule has 0 saturated heterocycles. The highest BCUT2D eigenvalue weighted by Gasteiger charge is 2.32. The molecule has 1 amide bonds. The number of hydrogen-bond acceptors (Lipinski definition) is 5. The molecule has 3 rings (SSSR count). The van der Waals surface area contributed by atoms with Crippen LogP contribution in [0.3, 0.4) is 0 Å². The van der Waals surface area contributed by atoms with Gasteiger partial charge in [0.15, 0.2) is 0 Å². The predicted octanol–water partition coefficient (Wildman–Crippen LogP) is 1.55. The summed E-state index contributed by atoms with van der Waals surface area (Å²) < 4.78 is 0. The van der Waals surface area contributed by atoms with Gasteiger partial charge < -0.3 is 15.3 Å². The van der Waals surface area contributed by atoms with Crippen LogP contribution in [0.25, 0.3) is 0 Å². The Balaban J connectivity index is 1.65. The molecule has 0 spiro atoms. The van der Waals surface area contributed by atoms with Crippen LogP contribution < -0.4 is 10.6 Å². The SMILES string of the molecule is O=C(O)C1=C(CCNC(=O)c2ccccc2)N2CNCC=C2S1. The lowest BCUT2D eigenvalue weighted by atomic mass is 10.2. The largest absolute Gasteiger partial charge is 0.477 e. The van der Waals surface area contributed by atoms with Crippen LogP contribution in [-0.2, 0) is 4.79 Å². The molecule has 7 heteroatoms. The van der Waals surface area contributed by atoms with Gasteiger partial charge in [0, 0.05) is 30.8 Å². The van der Waals surface area contributed by atoms with Crippen LogP contribution in [-0.4, -0.2) is 41.6 Å². The van der Waals surface area contributed by atoms with Crippen LogP contribution in [0.1, 0.15) is 16.8 Å². The van der Waals surface area contributed by atoms with Gasteiger partial charge in [0.2, 0.25) is 0 Å². The summed E-state index contributed by atoms with van der Waals surface area (Å²) >= 11 is 1.28. The van der Waals surface area contributed by atoms with Crippen LogP contribution in [0.5, 0.6) is 0 Å². The quantitative estimate of drug-likeness (QED) is 0.759. The Labute approximate surface area is 138 Å². The summed E-state index contributed by atoms with van der Waals surface area (Å²) in [6, 6.07) is 8.97. The molecule has 0 atom stereocenters. The number of thioether (sulfide) groups is 1. The summed E-state index contributed by atoms with van der Waals surface area (Å²) in [5.74, 6) is -1.07. The minimum absolute atomic E-state index is 0.152. The summed E-state index contributed by atoms with van der Waals surface area (Å²) in [6.07, 6.45) is 2.46. The number of aliphatic carboxylic acids is 1. The number of carboxylic acids is 1. The second kappa shape index (κ2) is 6.89. The molecule has 2 heterocycles. The maximum Gasteiger partial charge on any atom is 0.344 e. The Kier molecular flexibility index (Phi) is 4.68. The average Bonchev–Trinajstić information content (AvgIpc) is 2.95. The average molecular weight is 331 g/mol. The van der Waals surface area contributed by atoms with Crippen LogP contribution in [0.2, 0.25) is 0 Å². The predicted molar refractivity (Wildman–Crippen MR) is 88.4 cm³/mol. The first-order chi connectivity index (χ1) is 11.2. The van der Waals surface area contributed by atoms with Crippen molar-refractivity contribution in [3.8, 4) is 0 Å². The van der Waals surface area contributed by atoms with E-state index in [-0.39, 0.29) is 5.91 Å². The van der Waals surface area contributed by atoms with Gasteiger partial charge in [-0.15, -0.1) is 0 Å². The van der Waals surface area contributed by atoms with Gasteiger partial charge in [-0.2, -0.15) is 0 Å². The molecule has 2 aliphatic heterocycles. The van der Waals surface area contributed by atoms with Crippen LogP contribution >= 0.6 is 11.8 Å². The zero-order chi connectivity index (χ0) is 16.2. The number of amides is 1. The molecule has 0 radical (unpaired) electrons. The zero-order valence-corrected chi connectivity index (χ0v) is 13.2.